The molecular weight excluding hydrogens is 242 g/mol. The highest BCUT2D eigenvalue weighted by molar-refractivity contribution is 5.26. The van der Waals surface area contributed by atoms with Crippen molar-refractivity contribution in [1.29, 1.82) is 0 Å². The lowest BCUT2D eigenvalue weighted by Gasteiger charge is -2.38. The van der Waals surface area contributed by atoms with Gasteiger partial charge in [-0.25, -0.2) is 0 Å². The van der Waals surface area contributed by atoms with Gasteiger partial charge in [0.25, 0.3) is 0 Å². The van der Waals surface area contributed by atoms with Crippen LogP contribution >= 0.6 is 0 Å². The molecule has 1 unspecified atom stereocenters. The van der Waals surface area contributed by atoms with E-state index in [9.17, 15) is 0 Å². The second-order valence-corrected chi connectivity index (χ2v) is 7.14. The molecule has 0 bridgehead atoms. The summed E-state index contributed by atoms with van der Waals surface area (Å²) in [6, 6.07) is 9.74. The molecule has 1 aromatic rings. The van der Waals surface area contributed by atoms with Crippen molar-refractivity contribution < 1.29 is 0 Å². The zero-order valence-electron chi connectivity index (χ0n) is 13.7. The fourth-order valence-electron chi connectivity index (χ4n) is 3.54. The Kier molecular flexibility index (Phi) is 5.26. The highest BCUT2D eigenvalue weighted by atomic mass is 14.9. The van der Waals surface area contributed by atoms with Crippen molar-refractivity contribution in [2.75, 3.05) is 6.54 Å². The van der Waals surface area contributed by atoms with Gasteiger partial charge < -0.3 is 5.32 Å². The van der Waals surface area contributed by atoms with Gasteiger partial charge in [0, 0.05) is 6.04 Å². The van der Waals surface area contributed by atoms with Crippen molar-refractivity contribution in [2.24, 2.45) is 11.3 Å². The van der Waals surface area contributed by atoms with Crippen molar-refractivity contribution in [2.45, 2.75) is 65.8 Å². The maximum absolute atomic E-state index is 3.75. The van der Waals surface area contributed by atoms with E-state index >= 15 is 0 Å². The third-order valence-corrected chi connectivity index (χ3v) is 5.00. The molecule has 1 heteroatoms. The summed E-state index contributed by atoms with van der Waals surface area (Å²) in [4.78, 5) is 0. The van der Waals surface area contributed by atoms with E-state index < -0.39 is 0 Å². The molecule has 2 rings (SSSR count). The van der Waals surface area contributed by atoms with Crippen LogP contribution in [0.15, 0.2) is 24.3 Å². The molecule has 1 saturated carbocycles. The Morgan fingerprint density at radius 3 is 2.50 bits per heavy atom. The SMILES string of the molecule is CCNC(c1cccc(CC)c1)C1CCC(C)(C)CC1. The van der Waals surface area contributed by atoms with Crippen LogP contribution in [0.2, 0.25) is 0 Å². The monoisotopic (exact) mass is 273 g/mol. The van der Waals surface area contributed by atoms with Crippen LogP contribution in [-0.2, 0) is 6.42 Å². The van der Waals surface area contributed by atoms with Gasteiger partial charge in [-0.3, -0.25) is 0 Å². The molecule has 1 aliphatic rings. The van der Waals surface area contributed by atoms with E-state index in [1.165, 1.54) is 36.8 Å². The smallest absolute Gasteiger partial charge is 0.0348 e. The van der Waals surface area contributed by atoms with Crippen LogP contribution in [0.4, 0.5) is 0 Å². The fourth-order valence-corrected chi connectivity index (χ4v) is 3.54. The van der Waals surface area contributed by atoms with Crippen LogP contribution in [0.3, 0.4) is 0 Å². The van der Waals surface area contributed by atoms with Crippen molar-refractivity contribution in [3.63, 3.8) is 0 Å². The Morgan fingerprint density at radius 2 is 1.90 bits per heavy atom. The molecule has 1 aromatic carbocycles. The van der Waals surface area contributed by atoms with E-state index in [0.29, 0.717) is 11.5 Å². The summed E-state index contributed by atoms with van der Waals surface area (Å²) in [5, 5.41) is 3.75. The summed E-state index contributed by atoms with van der Waals surface area (Å²) in [6.45, 7) is 10.4. The maximum atomic E-state index is 3.75. The van der Waals surface area contributed by atoms with Crippen LogP contribution in [0.5, 0.6) is 0 Å². The number of hydrogen-bond donors (Lipinski definition) is 1. The Hall–Kier alpha value is -0.820. The molecule has 0 spiro atoms. The Bertz CT molecular complexity index is 412. The number of aryl methyl sites for hydroxylation is 1. The van der Waals surface area contributed by atoms with Gasteiger partial charge in [0.1, 0.15) is 0 Å². The third-order valence-electron chi connectivity index (χ3n) is 5.00. The highest BCUT2D eigenvalue weighted by Gasteiger charge is 2.31. The molecule has 0 radical (unpaired) electrons. The first-order valence-corrected chi connectivity index (χ1v) is 8.38. The predicted octanol–water partition coefficient (Wildman–Crippen LogP) is 5.12. The topological polar surface area (TPSA) is 12.0 Å². The summed E-state index contributed by atoms with van der Waals surface area (Å²) < 4.78 is 0. The molecule has 112 valence electrons. The zero-order chi connectivity index (χ0) is 14.6. The minimum Gasteiger partial charge on any atom is -0.310 e. The van der Waals surface area contributed by atoms with Crippen LogP contribution in [0.1, 0.15) is 70.5 Å². The summed E-state index contributed by atoms with van der Waals surface area (Å²) in [5.74, 6) is 0.801. The number of nitrogens with one attached hydrogen (secondary N) is 1. The van der Waals surface area contributed by atoms with Crippen LogP contribution in [0, 0.1) is 11.3 Å². The Morgan fingerprint density at radius 1 is 1.20 bits per heavy atom. The molecule has 1 atom stereocenters. The van der Waals surface area contributed by atoms with Gasteiger partial charge >= 0.3 is 0 Å². The van der Waals surface area contributed by atoms with Gasteiger partial charge in [0.05, 0.1) is 0 Å². The van der Waals surface area contributed by atoms with Gasteiger partial charge in [-0.1, -0.05) is 52.0 Å². The third kappa shape index (κ3) is 3.85. The van der Waals surface area contributed by atoms with Crippen molar-refractivity contribution >= 4 is 0 Å². The highest BCUT2D eigenvalue weighted by Crippen LogP contribution is 2.42. The molecular formula is C19H31N. The second kappa shape index (κ2) is 6.76. The van der Waals surface area contributed by atoms with Crippen LogP contribution in [0.25, 0.3) is 0 Å². The Balaban J connectivity index is 2.14. The summed E-state index contributed by atoms with van der Waals surface area (Å²) in [5.41, 5.74) is 3.51. The quantitative estimate of drug-likeness (QED) is 0.785. The van der Waals surface area contributed by atoms with Crippen molar-refractivity contribution in [1.82, 2.24) is 5.32 Å². The lowest BCUT2D eigenvalue weighted by molar-refractivity contribution is 0.162. The van der Waals surface area contributed by atoms with E-state index in [1.807, 2.05) is 0 Å². The molecule has 1 fully saturated rings. The van der Waals surface area contributed by atoms with E-state index in [1.54, 1.807) is 0 Å². The lowest BCUT2D eigenvalue weighted by Crippen LogP contribution is -2.32. The predicted molar refractivity (Wildman–Crippen MR) is 88.0 cm³/mol. The number of benzene rings is 1. The van der Waals surface area contributed by atoms with Gasteiger partial charge in [-0.05, 0) is 61.1 Å². The molecule has 1 aliphatic carbocycles. The van der Waals surface area contributed by atoms with Gasteiger partial charge in [0.2, 0.25) is 0 Å². The van der Waals surface area contributed by atoms with Gasteiger partial charge in [-0.15, -0.1) is 0 Å². The van der Waals surface area contributed by atoms with Crippen molar-refractivity contribution in [3.05, 3.63) is 35.4 Å². The first-order valence-electron chi connectivity index (χ1n) is 8.38. The van der Waals surface area contributed by atoms with Crippen LogP contribution in [-0.4, -0.2) is 6.54 Å². The minimum atomic E-state index is 0.544. The second-order valence-electron chi connectivity index (χ2n) is 7.14. The number of hydrogen-bond acceptors (Lipinski definition) is 1. The van der Waals surface area contributed by atoms with E-state index in [4.69, 9.17) is 0 Å². The molecule has 0 amide bonds. The normalized spacial score (nSPS) is 20.8. The minimum absolute atomic E-state index is 0.544. The molecule has 0 aliphatic heterocycles. The average Bonchev–Trinajstić information content (AvgIpc) is 2.45. The lowest BCUT2D eigenvalue weighted by atomic mass is 9.70. The van der Waals surface area contributed by atoms with Gasteiger partial charge in [0.15, 0.2) is 0 Å². The summed E-state index contributed by atoms with van der Waals surface area (Å²) >= 11 is 0. The molecule has 20 heavy (non-hydrogen) atoms. The molecule has 0 aromatic heterocycles. The largest absolute Gasteiger partial charge is 0.310 e. The number of rotatable bonds is 5. The van der Waals surface area contributed by atoms with Crippen molar-refractivity contribution in [3.8, 4) is 0 Å². The zero-order valence-corrected chi connectivity index (χ0v) is 13.7. The average molecular weight is 273 g/mol. The van der Waals surface area contributed by atoms with Gasteiger partial charge in [-0.2, -0.15) is 0 Å². The molecule has 0 saturated heterocycles. The molecule has 1 N–H and O–H groups in total. The maximum Gasteiger partial charge on any atom is 0.0348 e. The standard InChI is InChI=1S/C19H31N/c1-5-15-8-7-9-17(14-15)18(20-6-2)16-10-12-19(3,4)13-11-16/h7-9,14,16,18,20H,5-6,10-13H2,1-4H3. The fraction of sp³-hybridized carbons (Fsp3) is 0.684. The summed E-state index contributed by atoms with van der Waals surface area (Å²) in [7, 11) is 0. The molecule has 0 heterocycles. The van der Waals surface area contributed by atoms with E-state index in [2.05, 4.69) is 57.3 Å². The first kappa shape index (κ1) is 15.6. The van der Waals surface area contributed by atoms with Crippen LogP contribution < -0.4 is 5.32 Å². The summed E-state index contributed by atoms with van der Waals surface area (Å²) in [6.07, 6.45) is 6.59. The van der Waals surface area contributed by atoms with E-state index in [0.717, 1.165) is 18.9 Å². The Labute approximate surface area is 125 Å². The first-order chi connectivity index (χ1) is 9.55. The molecule has 1 nitrogen and oxygen atoms in total. The van der Waals surface area contributed by atoms with E-state index in [-0.39, 0.29) is 0 Å².